The van der Waals surface area contributed by atoms with Gasteiger partial charge in [-0.3, -0.25) is 38.8 Å². The van der Waals surface area contributed by atoms with E-state index in [1.807, 2.05) is 9.13 Å². The molecule has 8 atom stereocenters. The summed E-state index contributed by atoms with van der Waals surface area (Å²) in [7, 11) is -9.94. The number of hydrogen-bond acceptors (Lipinski definition) is 16. The zero-order chi connectivity index (χ0) is 58.0. The second-order valence-corrected chi connectivity index (χ2v) is 50.7. The van der Waals surface area contributed by atoms with Gasteiger partial charge >= 0.3 is 17.1 Å². The van der Waals surface area contributed by atoms with Gasteiger partial charge in [0.15, 0.2) is 39.0 Å². The van der Waals surface area contributed by atoms with Crippen molar-refractivity contribution in [1.29, 1.82) is 0 Å². The molecule has 8 heterocycles. The second-order valence-electron chi connectivity index (χ2n) is 29.0. The van der Waals surface area contributed by atoms with E-state index in [2.05, 4.69) is 186 Å². The number of rotatable bonds is 8. The summed E-state index contributed by atoms with van der Waals surface area (Å²) in [6.45, 7) is 54.0. The summed E-state index contributed by atoms with van der Waals surface area (Å²) in [5, 5.41) is 1.83. The van der Waals surface area contributed by atoms with Crippen molar-refractivity contribution in [3.63, 3.8) is 0 Å². The molecule has 0 saturated carbocycles. The monoisotopic (exact) mass is 1210 g/mol. The lowest BCUT2D eigenvalue weighted by Gasteiger charge is -2.54. The molecule has 19 nitrogen and oxygen atoms in total. The van der Waals surface area contributed by atoms with Gasteiger partial charge in [0, 0.05) is 26.1 Å². The minimum absolute atomic E-state index is 0. The van der Waals surface area contributed by atoms with Gasteiger partial charge < -0.3 is 32.3 Å². The SMILES string of the molecule is C.C.CC(C)(C)[Si](C)(C)O[C@@H]1[C@@H]2O[Si](C(C)(C)C)(C(C)(C)C)OC[C@H]2S[C@H]1n1cnc2c(=O)[nH]c(N)nc21.CC(C)C(=O)Nc1nc2c(ncn2[C@@H]2S[C@@H]3CO[Si](C(C)(C)C)(C(C)(C)C)O[C@H]3[C@H]2O[Si](C)(C)C(C)(C)C)c(=O)[nH]1. The normalized spacial score (nSPS) is 25.7. The predicted molar refractivity (Wildman–Crippen MR) is 335 cm³/mol. The van der Waals surface area contributed by atoms with Gasteiger partial charge in [-0.1, -0.05) is 153 Å². The van der Waals surface area contributed by atoms with Gasteiger partial charge in [0.2, 0.25) is 17.8 Å². The Bertz CT molecular complexity index is 2910. The Kier molecular flexibility index (Phi) is 19.0. The molecule has 4 fully saturated rings. The van der Waals surface area contributed by atoms with Crippen LogP contribution in [0.15, 0.2) is 22.2 Å². The summed E-state index contributed by atoms with van der Waals surface area (Å²) in [4.78, 5) is 61.0. The lowest BCUT2D eigenvalue weighted by molar-refractivity contribution is -0.118. The van der Waals surface area contributed by atoms with E-state index in [-0.39, 0.29) is 131 Å². The molecule has 0 bridgehead atoms. The Hall–Kier alpha value is -2.70. The molecule has 448 valence electrons. The highest BCUT2D eigenvalue weighted by Crippen LogP contribution is 2.61. The van der Waals surface area contributed by atoms with Crippen molar-refractivity contribution < 1.29 is 31.4 Å². The Balaban J connectivity index is 0.000000286. The summed E-state index contributed by atoms with van der Waals surface area (Å²) < 4.78 is 46.4. The van der Waals surface area contributed by atoms with Crippen LogP contribution < -0.4 is 22.2 Å². The number of aromatic amines is 2. The number of imidazole rings is 2. The number of nitrogens with zero attached hydrogens (tertiary/aromatic N) is 6. The van der Waals surface area contributed by atoms with Crippen LogP contribution in [0.3, 0.4) is 0 Å². The lowest BCUT2D eigenvalue weighted by atomic mass is 10.1. The predicted octanol–water partition coefficient (Wildman–Crippen LogP) is 12.6. The highest BCUT2D eigenvalue weighted by molar-refractivity contribution is 8.00. The van der Waals surface area contributed by atoms with Crippen LogP contribution in [0.2, 0.25) is 56.4 Å². The molecule has 5 N–H and O–H groups in total. The minimum atomic E-state index is -2.77. The summed E-state index contributed by atoms with van der Waals surface area (Å²) in [6.07, 6.45) is 2.45. The third-order valence-corrected chi connectivity index (χ3v) is 39.0. The van der Waals surface area contributed by atoms with Crippen molar-refractivity contribution in [2.45, 2.75) is 255 Å². The van der Waals surface area contributed by atoms with Crippen molar-refractivity contribution in [3.8, 4) is 0 Å². The van der Waals surface area contributed by atoms with E-state index in [1.54, 1.807) is 50.0 Å². The lowest BCUT2D eigenvalue weighted by Crippen LogP contribution is -2.65. The fourth-order valence-corrected chi connectivity index (χ4v) is 27.2. The van der Waals surface area contributed by atoms with E-state index >= 15 is 0 Å². The van der Waals surface area contributed by atoms with Crippen LogP contribution in [0.1, 0.15) is 164 Å². The largest absolute Gasteiger partial charge is 0.408 e. The molecule has 4 saturated heterocycles. The number of nitrogens with one attached hydrogen (secondary N) is 3. The highest BCUT2D eigenvalue weighted by Gasteiger charge is 2.67. The molecule has 0 spiro atoms. The van der Waals surface area contributed by atoms with Gasteiger partial charge in [0.05, 0.1) is 48.6 Å². The number of anilines is 2. The van der Waals surface area contributed by atoms with Gasteiger partial charge in [0.1, 0.15) is 23.0 Å². The van der Waals surface area contributed by atoms with Crippen LogP contribution in [-0.2, 0) is 31.4 Å². The van der Waals surface area contributed by atoms with Gasteiger partial charge in [-0.25, -0.2) is 9.97 Å². The number of thioether (sulfide) groups is 2. The van der Waals surface area contributed by atoms with E-state index in [4.69, 9.17) is 32.3 Å². The molecular formula is C54H100N10O9S2Si4. The zero-order valence-corrected chi connectivity index (χ0v) is 56.1. The molecule has 8 rings (SSSR count). The maximum Gasteiger partial charge on any atom is 0.349 e. The summed E-state index contributed by atoms with van der Waals surface area (Å²) in [5.74, 6) is -0.307. The number of nitrogens with two attached hydrogens (primary N) is 1. The number of carbonyl (C=O) groups excluding carboxylic acids is 1. The van der Waals surface area contributed by atoms with E-state index < -0.39 is 39.3 Å². The van der Waals surface area contributed by atoms with Crippen LogP contribution in [0, 0.1) is 5.92 Å². The third-order valence-electron chi connectivity index (χ3n) is 16.7. The maximum absolute atomic E-state index is 13.0. The van der Waals surface area contributed by atoms with Crippen LogP contribution >= 0.6 is 23.5 Å². The van der Waals surface area contributed by atoms with Crippen molar-refractivity contribution in [1.82, 2.24) is 39.0 Å². The van der Waals surface area contributed by atoms with E-state index in [1.165, 1.54) is 0 Å². The molecule has 0 radical (unpaired) electrons. The fourth-order valence-electron chi connectivity index (χ4n) is 10.9. The fraction of sp³-hybridized carbons (Fsp3) is 0.796. The summed E-state index contributed by atoms with van der Waals surface area (Å²) in [6, 6.07) is 0. The molecule has 79 heavy (non-hydrogen) atoms. The zero-order valence-electron chi connectivity index (χ0n) is 50.5. The molecular weight excluding hydrogens is 1110 g/mol. The first-order valence-corrected chi connectivity index (χ1v) is 38.5. The number of carbonyl (C=O) groups is 1. The molecule has 0 aromatic carbocycles. The van der Waals surface area contributed by atoms with Gasteiger partial charge in [0.25, 0.3) is 11.1 Å². The smallest absolute Gasteiger partial charge is 0.349 e. The van der Waals surface area contributed by atoms with Gasteiger partial charge in [-0.2, -0.15) is 9.97 Å². The number of H-pyrrole nitrogens is 2. The van der Waals surface area contributed by atoms with E-state index in [0.29, 0.717) is 24.5 Å². The van der Waals surface area contributed by atoms with Crippen molar-refractivity contribution in [2.24, 2.45) is 5.92 Å². The van der Waals surface area contributed by atoms with Gasteiger partial charge in [-0.15, -0.1) is 23.5 Å². The second kappa shape index (κ2) is 22.4. The average molecular weight is 1210 g/mol. The molecule has 4 aromatic heterocycles. The van der Waals surface area contributed by atoms with Crippen LogP contribution in [-0.4, -0.2) is 127 Å². The van der Waals surface area contributed by atoms with Crippen LogP contribution in [0.4, 0.5) is 11.9 Å². The first-order chi connectivity index (χ1) is 34.9. The van der Waals surface area contributed by atoms with Crippen molar-refractivity contribution in [3.05, 3.63) is 33.4 Å². The number of aromatic nitrogens is 8. The highest BCUT2D eigenvalue weighted by atomic mass is 32.2. The van der Waals surface area contributed by atoms with Gasteiger partial charge in [-0.05, 0) is 36.3 Å². The molecule has 4 aliphatic rings. The minimum Gasteiger partial charge on any atom is -0.408 e. The molecule has 0 aliphatic carbocycles. The maximum atomic E-state index is 13.0. The van der Waals surface area contributed by atoms with Crippen LogP contribution in [0.25, 0.3) is 22.3 Å². The van der Waals surface area contributed by atoms with Crippen LogP contribution in [0.5, 0.6) is 0 Å². The van der Waals surface area contributed by atoms with Crippen molar-refractivity contribution in [2.75, 3.05) is 24.3 Å². The summed E-state index contributed by atoms with van der Waals surface area (Å²) >= 11 is 3.49. The Morgan fingerprint density at radius 1 is 0.658 bits per heavy atom. The van der Waals surface area contributed by atoms with E-state index in [9.17, 15) is 14.4 Å². The van der Waals surface area contributed by atoms with E-state index in [0.717, 1.165) is 0 Å². The molecule has 4 aromatic rings. The first-order valence-electron chi connectivity index (χ1n) is 27.2. The standard InChI is InChI=1S/C28H49N5O5SSi2.C24H43N5O4SSi2.2CH4/c1-16(2)22(34)31-25-30-21-18(23(35)32-25)29-15-33(21)24-20(37-40(12,13)26(3,4)5)19-17(39-24)14-36-41(38-19,27(6,7)8)28(9,10)11;1-22(2,3)35(10,11)32-17-16-14(12-31-36(33-16,23(4,5)6)24(7,8)9)34-20(17)29-13-26-15-18(29)27-21(25)28-19(15)30;;/h15-17,19-20,24H,14H2,1-13H3,(H2,30,31,32,34,35);13-14,16-17,20H,12H2,1-11H3,(H3,25,27,28,30);2*1H4/t17-,19-,20-,24-;14-,16-,17-,20-;;/m11../s1. The molecule has 0 unspecified atom stereocenters. The molecule has 1 amide bonds. The number of fused-ring (bicyclic) bond motifs is 4. The number of nitrogen functional groups attached to an aromatic ring is 1. The molecule has 4 aliphatic heterocycles. The third kappa shape index (κ3) is 12.3. The average Bonchev–Trinajstić information content (AvgIpc) is 4.04. The Morgan fingerprint density at radius 2 is 1.01 bits per heavy atom. The quantitative estimate of drug-likeness (QED) is 0.120. The first kappa shape index (κ1) is 67.1. The number of hydrogen-bond donors (Lipinski definition) is 4. The Morgan fingerprint density at radius 3 is 1.35 bits per heavy atom. The summed E-state index contributed by atoms with van der Waals surface area (Å²) in [5.41, 5.74) is 6.54. The van der Waals surface area contributed by atoms with Crippen molar-refractivity contribution >= 4 is 97.4 Å². The molecule has 25 heteroatoms. The Labute approximate surface area is 484 Å². The number of amides is 1. The topological polar surface area (TPSA) is 238 Å².